The van der Waals surface area contributed by atoms with Crippen LogP contribution in [0.4, 0.5) is 8.78 Å². The van der Waals surface area contributed by atoms with Gasteiger partial charge in [-0.1, -0.05) is 6.08 Å². The van der Waals surface area contributed by atoms with Crippen molar-refractivity contribution < 1.29 is 8.78 Å². The third kappa shape index (κ3) is 1.55. The van der Waals surface area contributed by atoms with E-state index in [-0.39, 0.29) is 5.82 Å². The highest BCUT2D eigenvalue weighted by molar-refractivity contribution is 5.34. The van der Waals surface area contributed by atoms with E-state index in [0.717, 1.165) is 6.08 Å². The van der Waals surface area contributed by atoms with E-state index in [9.17, 15) is 8.78 Å². The van der Waals surface area contributed by atoms with Crippen molar-refractivity contribution in [2.75, 3.05) is 0 Å². The fourth-order valence-electron chi connectivity index (χ4n) is 1.21. The van der Waals surface area contributed by atoms with Crippen LogP contribution in [0.2, 0.25) is 0 Å². The molecule has 0 amide bonds. The van der Waals surface area contributed by atoms with Crippen LogP contribution >= 0.6 is 0 Å². The number of allylic oxidation sites excluding steroid dienone is 4. The van der Waals surface area contributed by atoms with Crippen LogP contribution in [-0.2, 0) is 5.67 Å². The van der Waals surface area contributed by atoms with Crippen LogP contribution in [-0.4, -0.2) is 9.97 Å². The number of hydrogen-bond acceptors (Lipinski definition) is 2. The van der Waals surface area contributed by atoms with E-state index in [1.54, 1.807) is 6.07 Å². The summed E-state index contributed by atoms with van der Waals surface area (Å²) in [6.07, 6.45) is 7.39. The van der Waals surface area contributed by atoms with Crippen LogP contribution in [0.3, 0.4) is 0 Å². The molecular weight excluding hydrogens is 186 g/mol. The molecule has 0 aromatic carbocycles. The van der Waals surface area contributed by atoms with Crippen LogP contribution in [0.25, 0.3) is 0 Å². The maximum Gasteiger partial charge on any atom is 0.198 e. The van der Waals surface area contributed by atoms with Gasteiger partial charge in [0.15, 0.2) is 11.5 Å². The lowest BCUT2D eigenvalue weighted by Crippen LogP contribution is -2.22. The van der Waals surface area contributed by atoms with Crippen molar-refractivity contribution in [3.8, 4) is 0 Å². The third-order valence-electron chi connectivity index (χ3n) is 1.85. The van der Waals surface area contributed by atoms with E-state index in [0.29, 0.717) is 0 Å². The largest absolute Gasteiger partial charge is 0.238 e. The van der Waals surface area contributed by atoms with Gasteiger partial charge in [0.25, 0.3) is 0 Å². The second kappa shape index (κ2) is 3.29. The molecule has 1 aromatic heterocycles. The van der Waals surface area contributed by atoms with E-state index in [1.807, 2.05) is 0 Å². The van der Waals surface area contributed by atoms with Gasteiger partial charge in [0.05, 0.1) is 0 Å². The zero-order valence-corrected chi connectivity index (χ0v) is 7.19. The average Bonchev–Trinajstić information content (AvgIpc) is 2.19. The van der Waals surface area contributed by atoms with Gasteiger partial charge in [-0.2, -0.15) is 0 Å². The second-order valence-corrected chi connectivity index (χ2v) is 2.90. The van der Waals surface area contributed by atoms with Gasteiger partial charge in [0, 0.05) is 18.8 Å². The summed E-state index contributed by atoms with van der Waals surface area (Å²) >= 11 is 0. The molecule has 1 aliphatic carbocycles. The highest BCUT2D eigenvalue weighted by atomic mass is 19.1. The standard InChI is InChI=1S/C10H7F2N2/c11-8-3-1-4-10(12,7-8)9-13-5-2-6-14-9/h1-7H. The molecule has 71 valence electrons. The highest BCUT2D eigenvalue weighted by Crippen LogP contribution is 2.32. The number of aromatic nitrogens is 2. The van der Waals surface area contributed by atoms with Crippen molar-refractivity contribution in [2.24, 2.45) is 0 Å². The Kier molecular flexibility index (Phi) is 2.11. The van der Waals surface area contributed by atoms with Crippen molar-refractivity contribution in [3.63, 3.8) is 0 Å². The van der Waals surface area contributed by atoms with Gasteiger partial charge in [0.2, 0.25) is 0 Å². The molecule has 4 heteroatoms. The normalized spacial score (nSPS) is 26.0. The number of nitrogens with zero attached hydrogens (tertiary/aromatic N) is 2. The molecule has 0 aliphatic heterocycles. The maximum atomic E-state index is 14.0. The van der Waals surface area contributed by atoms with Crippen LogP contribution in [0.1, 0.15) is 5.82 Å². The van der Waals surface area contributed by atoms with Gasteiger partial charge >= 0.3 is 0 Å². The first-order chi connectivity index (χ1) is 6.71. The molecule has 0 saturated carbocycles. The average molecular weight is 193 g/mol. The Hall–Kier alpha value is -1.58. The lowest BCUT2D eigenvalue weighted by atomic mass is 9.96. The van der Waals surface area contributed by atoms with E-state index in [1.165, 1.54) is 31.0 Å². The van der Waals surface area contributed by atoms with E-state index < -0.39 is 11.5 Å². The van der Waals surface area contributed by atoms with Gasteiger partial charge in [-0.15, -0.1) is 0 Å². The molecule has 0 spiro atoms. The van der Waals surface area contributed by atoms with Gasteiger partial charge in [0.1, 0.15) is 5.83 Å². The predicted molar refractivity (Wildman–Crippen MR) is 47.4 cm³/mol. The minimum absolute atomic E-state index is 0.0560. The minimum atomic E-state index is -2.03. The molecule has 2 nitrogen and oxygen atoms in total. The molecule has 1 radical (unpaired) electrons. The van der Waals surface area contributed by atoms with E-state index in [4.69, 9.17) is 0 Å². The fourth-order valence-corrected chi connectivity index (χ4v) is 1.21. The number of rotatable bonds is 1. The molecule has 0 bridgehead atoms. The molecular formula is C10H7F2N2. The van der Waals surface area contributed by atoms with Gasteiger partial charge in [-0.05, 0) is 18.2 Å². The molecule has 0 saturated heterocycles. The van der Waals surface area contributed by atoms with Crippen molar-refractivity contribution in [3.05, 3.63) is 54.8 Å². The predicted octanol–water partition coefficient (Wildman–Crippen LogP) is 2.27. The molecule has 1 aromatic rings. The summed E-state index contributed by atoms with van der Waals surface area (Å²) < 4.78 is 26.8. The van der Waals surface area contributed by atoms with Crippen LogP contribution in [0, 0.1) is 6.42 Å². The van der Waals surface area contributed by atoms with Crippen LogP contribution < -0.4 is 0 Å². The maximum absolute atomic E-state index is 14.0. The zero-order chi connectivity index (χ0) is 10.0. The molecule has 1 aliphatic rings. The second-order valence-electron chi connectivity index (χ2n) is 2.90. The van der Waals surface area contributed by atoms with Crippen molar-refractivity contribution >= 4 is 0 Å². The lowest BCUT2D eigenvalue weighted by molar-refractivity contribution is 0.264. The summed E-state index contributed by atoms with van der Waals surface area (Å²) in [6.45, 7) is 0. The number of hydrogen-bond donors (Lipinski definition) is 0. The summed E-state index contributed by atoms with van der Waals surface area (Å²) in [5, 5.41) is 0. The van der Waals surface area contributed by atoms with Crippen molar-refractivity contribution in [2.45, 2.75) is 5.67 Å². The van der Waals surface area contributed by atoms with Gasteiger partial charge in [-0.3, -0.25) is 0 Å². The summed E-state index contributed by atoms with van der Waals surface area (Å²) in [7, 11) is 0. The van der Waals surface area contributed by atoms with Crippen molar-refractivity contribution in [1.29, 1.82) is 0 Å². The minimum Gasteiger partial charge on any atom is -0.238 e. The summed E-state index contributed by atoms with van der Waals surface area (Å²) in [4.78, 5) is 7.49. The molecule has 0 N–H and O–H groups in total. The number of halogens is 2. The molecule has 1 unspecified atom stereocenters. The lowest BCUT2D eigenvalue weighted by Gasteiger charge is -2.19. The Labute approximate surface area is 80.0 Å². The van der Waals surface area contributed by atoms with Crippen LogP contribution in [0.15, 0.2) is 42.5 Å². The smallest absolute Gasteiger partial charge is 0.198 e. The van der Waals surface area contributed by atoms with Crippen LogP contribution in [0.5, 0.6) is 0 Å². The highest BCUT2D eigenvalue weighted by Gasteiger charge is 2.34. The molecule has 14 heavy (non-hydrogen) atoms. The molecule has 0 fully saturated rings. The quantitative estimate of drug-likeness (QED) is 0.683. The first-order valence-corrected chi connectivity index (χ1v) is 4.08. The molecule has 2 rings (SSSR count). The topological polar surface area (TPSA) is 25.8 Å². The summed E-state index contributed by atoms with van der Waals surface area (Å²) in [5.41, 5.74) is -2.03. The number of alkyl halides is 1. The first-order valence-electron chi connectivity index (χ1n) is 4.08. The Morgan fingerprint density at radius 1 is 1.21 bits per heavy atom. The van der Waals surface area contributed by atoms with Gasteiger partial charge < -0.3 is 0 Å². The SMILES string of the molecule is FC1=CC(F)(c2ncccn2)[CH]C=C1. The summed E-state index contributed by atoms with van der Waals surface area (Å²) in [5.74, 6) is -0.679. The van der Waals surface area contributed by atoms with Crippen molar-refractivity contribution in [1.82, 2.24) is 9.97 Å². The Bertz CT molecular complexity index is 386. The van der Waals surface area contributed by atoms with Gasteiger partial charge in [-0.25, -0.2) is 18.7 Å². The Morgan fingerprint density at radius 3 is 2.57 bits per heavy atom. The molecule has 1 heterocycles. The van der Waals surface area contributed by atoms with E-state index >= 15 is 0 Å². The summed E-state index contributed by atoms with van der Waals surface area (Å²) in [6, 6.07) is 1.57. The Balaban J connectivity index is 2.39. The zero-order valence-electron chi connectivity index (χ0n) is 7.19. The Morgan fingerprint density at radius 2 is 1.93 bits per heavy atom. The first kappa shape index (κ1) is 8.99. The molecule has 1 atom stereocenters. The third-order valence-corrected chi connectivity index (χ3v) is 1.85. The fraction of sp³-hybridized carbons (Fsp3) is 0.100. The van der Waals surface area contributed by atoms with E-state index in [2.05, 4.69) is 9.97 Å². The monoisotopic (exact) mass is 193 g/mol.